The van der Waals surface area contributed by atoms with Gasteiger partial charge in [0.1, 0.15) is 0 Å². The zero-order valence-corrected chi connectivity index (χ0v) is 10.6. The number of hydrogen-bond acceptors (Lipinski definition) is 3. The third-order valence-corrected chi connectivity index (χ3v) is 2.84. The fourth-order valence-corrected chi connectivity index (χ4v) is 1.84. The highest BCUT2D eigenvalue weighted by atomic mass is 19.4. The molecule has 0 aliphatic heterocycles. The maximum absolute atomic E-state index is 12.7. The number of aliphatic hydroxyl groups excluding tert-OH is 1. The summed E-state index contributed by atoms with van der Waals surface area (Å²) < 4.78 is 43.0. The normalized spacial score (nSPS) is 11.4. The van der Waals surface area contributed by atoms with Crippen molar-refractivity contribution in [3.8, 4) is 17.0 Å². The molecule has 1 N–H and O–H groups in total. The molecule has 2 aromatic rings. The SMILES string of the molecule is COc1cc(CO)c(-c2cccc(C(F)(F)F)c2)cn1. The molecule has 0 saturated carbocycles. The maximum atomic E-state index is 12.7. The van der Waals surface area contributed by atoms with Gasteiger partial charge in [-0.1, -0.05) is 12.1 Å². The Balaban J connectivity index is 2.51. The number of aromatic nitrogens is 1. The van der Waals surface area contributed by atoms with Crippen LogP contribution in [-0.2, 0) is 12.8 Å². The second-order valence-electron chi connectivity index (χ2n) is 4.12. The molecule has 0 fully saturated rings. The van der Waals surface area contributed by atoms with Gasteiger partial charge in [-0.15, -0.1) is 0 Å². The topological polar surface area (TPSA) is 42.4 Å². The lowest BCUT2D eigenvalue weighted by atomic mass is 10.0. The summed E-state index contributed by atoms with van der Waals surface area (Å²) in [5.41, 5.74) is 0.504. The number of nitrogens with zero attached hydrogens (tertiary/aromatic N) is 1. The van der Waals surface area contributed by atoms with Crippen molar-refractivity contribution in [1.29, 1.82) is 0 Å². The van der Waals surface area contributed by atoms with Crippen LogP contribution >= 0.6 is 0 Å². The third-order valence-electron chi connectivity index (χ3n) is 2.84. The molecule has 1 heterocycles. The fraction of sp³-hybridized carbons (Fsp3) is 0.214. The van der Waals surface area contributed by atoms with Gasteiger partial charge in [-0.05, 0) is 23.3 Å². The van der Waals surface area contributed by atoms with Crippen molar-refractivity contribution in [2.75, 3.05) is 7.11 Å². The molecular weight excluding hydrogens is 271 g/mol. The smallest absolute Gasteiger partial charge is 0.416 e. The van der Waals surface area contributed by atoms with E-state index in [-0.39, 0.29) is 6.61 Å². The highest BCUT2D eigenvalue weighted by molar-refractivity contribution is 5.67. The Morgan fingerprint density at radius 2 is 2.00 bits per heavy atom. The van der Waals surface area contributed by atoms with E-state index in [0.717, 1.165) is 12.1 Å². The number of benzene rings is 1. The first-order valence-electron chi connectivity index (χ1n) is 5.77. The highest BCUT2D eigenvalue weighted by Crippen LogP contribution is 2.33. The van der Waals surface area contributed by atoms with E-state index in [1.165, 1.54) is 31.5 Å². The van der Waals surface area contributed by atoms with Crippen molar-refractivity contribution >= 4 is 0 Å². The minimum atomic E-state index is -4.41. The van der Waals surface area contributed by atoms with E-state index in [4.69, 9.17) is 4.74 Å². The van der Waals surface area contributed by atoms with Gasteiger partial charge < -0.3 is 9.84 Å². The summed E-state index contributed by atoms with van der Waals surface area (Å²) in [6, 6.07) is 6.39. The second kappa shape index (κ2) is 5.50. The van der Waals surface area contributed by atoms with E-state index in [0.29, 0.717) is 22.6 Å². The Kier molecular flexibility index (Phi) is 3.94. The van der Waals surface area contributed by atoms with E-state index >= 15 is 0 Å². The quantitative estimate of drug-likeness (QED) is 0.940. The van der Waals surface area contributed by atoms with E-state index in [9.17, 15) is 18.3 Å². The van der Waals surface area contributed by atoms with Crippen molar-refractivity contribution in [2.24, 2.45) is 0 Å². The first kappa shape index (κ1) is 14.3. The zero-order chi connectivity index (χ0) is 14.8. The van der Waals surface area contributed by atoms with Crippen LogP contribution in [0, 0.1) is 0 Å². The summed E-state index contributed by atoms with van der Waals surface area (Å²) in [5, 5.41) is 9.32. The molecule has 106 valence electrons. The van der Waals surface area contributed by atoms with Gasteiger partial charge in [-0.25, -0.2) is 4.98 Å². The average Bonchev–Trinajstić information content (AvgIpc) is 2.45. The summed E-state index contributed by atoms with van der Waals surface area (Å²) in [6.45, 7) is -0.315. The number of ether oxygens (including phenoxy) is 1. The van der Waals surface area contributed by atoms with Gasteiger partial charge in [-0.2, -0.15) is 13.2 Å². The molecule has 0 aliphatic rings. The number of rotatable bonds is 3. The summed E-state index contributed by atoms with van der Waals surface area (Å²) in [7, 11) is 1.42. The number of pyridine rings is 1. The van der Waals surface area contributed by atoms with Crippen LogP contribution in [0.2, 0.25) is 0 Å². The van der Waals surface area contributed by atoms with Crippen LogP contribution in [0.1, 0.15) is 11.1 Å². The first-order chi connectivity index (χ1) is 9.45. The molecule has 0 aliphatic carbocycles. The minimum Gasteiger partial charge on any atom is -0.481 e. The van der Waals surface area contributed by atoms with E-state index in [1.54, 1.807) is 0 Å². The summed E-state index contributed by atoms with van der Waals surface area (Å²) in [5.74, 6) is 0.296. The molecule has 0 bridgehead atoms. The van der Waals surface area contributed by atoms with Gasteiger partial charge in [0.05, 0.1) is 19.3 Å². The van der Waals surface area contributed by atoms with Gasteiger partial charge >= 0.3 is 6.18 Å². The van der Waals surface area contributed by atoms with E-state index in [2.05, 4.69) is 4.98 Å². The van der Waals surface area contributed by atoms with Gasteiger partial charge in [-0.3, -0.25) is 0 Å². The molecule has 1 aromatic carbocycles. The predicted octanol–water partition coefficient (Wildman–Crippen LogP) is 3.27. The Hall–Kier alpha value is -2.08. The van der Waals surface area contributed by atoms with Crippen LogP contribution in [0.4, 0.5) is 13.2 Å². The largest absolute Gasteiger partial charge is 0.481 e. The Morgan fingerprint density at radius 1 is 1.25 bits per heavy atom. The van der Waals surface area contributed by atoms with Gasteiger partial charge in [0.25, 0.3) is 0 Å². The molecule has 0 unspecified atom stereocenters. The Bertz CT molecular complexity index is 612. The third kappa shape index (κ3) is 2.91. The first-order valence-corrected chi connectivity index (χ1v) is 5.77. The summed E-state index contributed by atoms with van der Waals surface area (Å²) >= 11 is 0. The Labute approximate surface area is 113 Å². The lowest BCUT2D eigenvalue weighted by molar-refractivity contribution is -0.137. The molecule has 0 radical (unpaired) electrons. The number of aliphatic hydroxyl groups is 1. The zero-order valence-electron chi connectivity index (χ0n) is 10.6. The fourth-order valence-electron chi connectivity index (χ4n) is 1.84. The second-order valence-corrected chi connectivity index (χ2v) is 4.12. The minimum absolute atomic E-state index is 0.296. The number of hydrogen-bond donors (Lipinski definition) is 1. The Morgan fingerprint density at radius 3 is 2.60 bits per heavy atom. The monoisotopic (exact) mass is 283 g/mol. The van der Waals surface area contributed by atoms with Crippen LogP contribution in [0.15, 0.2) is 36.5 Å². The number of alkyl halides is 3. The number of methoxy groups -OCH3 is 1. The van der Waals surface area contributed by atoms with Crippen LogP contribution < -0.4 is 4.74 Å². The van der Waals surface area contributed by atoms with Crippen LogP contribution in [0.25, 0.3) is 11.1 Å². The van der Waals surface area contributed by atoms with E-state index in [1.807, 2.05) is 0 Å². The van der Waals surface area contributed by atoms with E-state index < -0.39 is 11.7 Å². The average molecular weight is 283 g/mol. The molecule has 3 nitrogen and oxygen atoms in total. The van der Waals surface area contributed by atoms with Crippen molar-refractivity contribution in [3.63, 3.8) is 0 Å². The van der Waals surface area contributed by atoms with Gasteiger partial charge in [0.15, 0.2) is 0 Å². The summed E-state index contributed by atoms with van der Waals surface area (Å²) in [4.78, 5) is 3.96. The number of halogens is 3. The van der Waals surface area contributed by atoms with Crippen molar-refractivity contribution < 1.29 is 23.0 Å². The molecule has 0 amide bonds. The van der Waals surface area contributed by atoms with Crippen molar-refractivity contribution in [1.82, 2.24) is 4.98 Å². The standard InChI is InChI=1S/C14H12F3NO2/c1-20-13-6-10(8-19)12(7-18-13)9-3-2-4-11(5-9)14(15,16)17/h2-7,19H,8H2,1H3. The molecule has 6 heteroatoms. The van der Waals surface area contributed by atoms with Crippen LogP contribution in [-0.4, -0.2) is 17.2 Å². The lowest BCUT2D eigenvalue weighted by Gasteiger charge is -2.11. The molecule has 0 spiro atoms. The lowest BCUT2D eigenvalue weighted by Crippen LogP contribution is -2.04. The maximum Gasteiger partial charge on any atom is 0.416 e. The summed E-state index contributed by atoms with van der Waals surface area (Å²) in [6.07, 6.45) is -3.02. The molecule has 0 atom stereocenters. The van der Waals surface area contributed by atoms with Crippen molar-refractivity contribution in [2.45, 2.75) is 12.8 Å². The molecule has 0 saturated heterocycles. The van der Waals surface area contributed by atoms with Gasteiger partial charge in [0, 0.05) is 17.8 Å². The molecular formula is C14H12F3NO2. The molecule has 1 aromatic heterocycles. The molecule has 2 rings (SSSR count). The van der Waals surface area contributed by atoms with Gasteiger partial charge in [0.2, 0.25) is 5.88 Å². The van der Waals surface area contributed by atoms with Crippen molar-refractivity contribution in [3.05, 3.63) is 47.7 Å². The predicted molar refractivity (Wildman–Crippen MR) is 67.1 cm³/mol. The van der Waals surface area contributed by atoms with Crippen LogP contribution in [0.3, 0.4) is 0 Å². The molecule has 20 heavy (non-hydrogen) atoms. The van der Waals surface area contributed by atoms with Crippen LogP contribution in [0.5, 0.6) is 5.88 Å². The highest BCUT2D eigenvalue weighted by Gasteiger charge is 2.30.